The van der Waals surface area contributed by atoms with Crippen LogP contribution in [0.4, 0.5) is 5.69 Å². The summed E-state index contributed by atoms with van der Waals surface area (Å²) in [6.07, 6.45) is 0. The highest BCUT2D eigenvalue weighted by Gasteiger charge is 2.18. The summed E-state index contributed by atoms with van der Waals surface area (Å²) < 4.78 is 7.14. The quantitative estimate of drug-likeness (QED) is 0.549. The first kappa shape index (κ1) is 17.3. The molecule has 0 radical (unpaired) electrons. The summed E-state index contributed by atoms with van der Waals surface area (Å²) in [7, 11) is 0. The number of rotatable bonds is 4. The molecule has 2 N–H and O–H groups in total. The van der Waals surface area contributed by atoms with Crippen molar-refractivity contribution in [2.75, 3.05) is 31.2 Å². The summed E-state index contributed by atoms with van der Waals surface area (Å²) >= 11 is 0. The van der Waals surface area contributed by atoms with Crippen LogP contribution in [0.1, 0.15) is 10.5 Å². The number of hydroxylamine groups is 1. The van der Waals surface area contributed by atoms with Crippen molar-refractivity contribution in [3.63, 3.8) is 0 Å². The lowest BCUT2D eigenvalue weighted by atomic mass is 10.1. The van der Waals surface area contributed by atoms with Gasteiger partial charge in [-0.2, -0.15) is 5.10 Å². The van der Waals surface area contributed by atoms with Gasteiger partial charge in [0.1, 0.15) is 0 Å². The third-order valence-corrected chi connectivity index (χ3v) is 4.56. The van der Waals surface area contributed by atoms with Crippen LogP contribution >= 0.6 is 0 Å². The zero-order valence-corrected chi connectivity index (χ0v) is 14.7. The first-order valence-electron chi connectivity index (χ1n) is 8.79. The van der Waals surface area contributed by atoms with Crippen molar-refractivity contribution in [1.29, 1.82) is 0 Å². The van der Waals surface area contributed by atoms with Crippen LogP contribution < -0.4 is 10.4 Å². The van der Waals surface area contributed by atoms with E-state index in [9.17, 15) is 4.79 Å². The Balaban J connectivity index is 1.78. The highest BCUT2D eigenvalue weighted by molar-refractivity contribution is 5.92. The van der Waals surface area contributed by atoms with Gasteiger partial charge < -0.3 is 9.64 Å². The number of benzene rings is 2. The van der Waals surface area contributed by atoms with E-state index >= 15 is 0 Å². The van der Waals surface area contributed by atoms with E-state index < -0.39 is 5.91 Å². The molecule has 138 valence electrons. The van der Waals surface area contributed by atoms with Gasteiger partial charge in [-0.05, 0) is 30.3 Å². The summed E-state index contributed by atoms with van der Waals surface area (Å²) in [5, 5.41) is 13.4. The number of amides is 1. The molecule has 7 nitrogen and oxygen atoms in total. The molecule has 1 amide bonds. The van der Waals surface area contributed by atoms with Crippen LogP contribution in [0.2, 0.25) is 0 Å². The highest BCUT2D eigenvalue weighted by atomic mass is 16.5. The Bertz CT molecular complexity index is 933. The fraction of sp³-hybridized carbons (Fsp3) is 0.200. The smallest absolute Gasteiger partial charge is 0.295 e. The average molecular weight is 364 g/mol. The molecule has 0 unspecified atom stereocenters. The van der Waals surface area contributed by atoms with Crippen LogP contribution in [-0.2, 0) is 4.74 Å². The van der Waals surface area contributed by atoms with E-state index in [-0.39, 0.29) is 5.69 Å². The summed E-state index contributed by atoms with van der Waals surface area (Å²) in [6.45, 7) is 3.12. The van der Waals surface area contributed by atoms with Gasteiger partial charge in [-0.15, -0.1) is 0 Å². The minimum Gasteiger partial charge on any atom is -0.378 e. The van der Waals surface area contributed by atoms with E-state index in [0.717, 1.165) is 35.7 Å². The van der Waals surface area contributed by atoms with Crippen LogP contribution in [0.3, 0.4) is 0 Å². The SMILES string of the molecule is O=C(NO)c1cc(-c2cccc(N3CCOCC3)c2)n(-c2ccccc2)n1. The summed E-state index contributed by atoms with van der Waals surface area (Å²) in [6, 6.07) is 19.4. The van der Waals surface area contributed by atoms with Crippen molar-refractivity contribution in [3.8, 4) is 16.9 Å². The number of hydrogen-bond acceptors (Lipinski definition) is 5. The van der Waals surface area contributed by atoms with Crippen molar-refractivity contribution < 1.29 is 14.7 Å². The molecule has 0 atom stereocenters. The van der Waals surface area contributed by atoms with Crippen LogP contribution in [0.15, 0.2) is 60.7 Å². The van der Waals surface area contributed by atoms with Gasteiger partial charge >= 0.3 is 0 Å². The number of nitrogens with one attached hydrogen (secondary N) is 1. The van der Waals surface area contributed by atoms with Gasteiger partial charge in [0, 0.05) is 24.3 Å². The Hall–Kier alpha value is -3.16. The Kier molecular flexibility index (Phi) is 4.86. The molecule has 1 aliphatic heterocycles. The molecule has 0 spiro atoms. The first-order chi connectivity index (χ1) is 13.3. The lowest BCUT2D eigenvalue weighted by molar-refractivity contribution is 0.0700. The number of hydrogen-bond donors (Lipinski definition) is 2. The maximum absolute atomic E-state index is 11.9. The summed E-state index contributed by atoms with van der Waals surface area (Å²) in [4.78, 5) is 14.2. The van der Waals surface area contributed by atoms with E-state index in [1.165, 1.54) is 0 Å². The number of carbonyl (C=O) groups excluding carboxylic acids is 1. The minimum absolute atomic E-state index is 0.146. The van der Waals surface area contributed by atoms with Gasteiger partial charge in [0.05, 0.1) is 24.6 Å². The third kappa shape index (κ3) is 3.55. The number of anilines is 1. The van der Waals surface area contributed by atoms with Crippen molar-refractivity contribution in [2.24, 2.45) is 0 Å². The van der Waals surface area contributed by atoms with Gasteiger partial charge in [-0.1, -0.05) is 30.3 Å². The number of carbonyl (C=O) groups is 1. The van der Waals surface area contributed by atoms with Crippen molar-refractivity contribution >= 4 is 11.6 Å². The van der Waals surface area contributed by atoms with E-state index in [4.69, 9.17) is 9.94 Å². The molecule has 27 heavy (non-hydrogen) atoms. The van der Waals surface area contributed by atoms with Gasteiger partial charge in [-0.25, -0.2) is 10.2 Å². The molecule has 7 heteroatoms. The van der Waals surface area contributed by atoms with E-state index in [1.807, 2.05) is 42.5 Å². The Labute approximate surface area is 156 Å². The zero-order valence-electron chi connectivity index (χ0n) is 14.7. The lowest BCUT2D eigenvalue weighted by Gasteiger charge is -2.29. The Morgan fingerprint density at radius 1 is 1.00 bits per heavy atom. The molecule has 0 bridgehead atoms. The molecule has 4 rings (SSSR count). The average Bonchev–Trinajstić information content (AvgIpc) is 3.20. The van der Waals surface area contributed by atoms with Gasteiger partial charge in [-0.3, -0.25) is 10.0 Å². The third-order valence-electron chi connectivity index (χ3n) is 4.56. The molecular formula is C20H20N4O3. The standard InChI is InChI=1S/C20H20N4O3/c25-20(22-26)18-14-19(24(21-18)16-6-2-1-3-7-16)15-5-4-8-17(13-15)23-9-11-27-12-10-23/h1-8,13-14,26H,9-12H2,(H,22,25). The molecule has 1 aromatic heterocycles. The van der Waals surface area contributed by atoms with E-state index in [2.05, 4.69) is 22.1 Å². The molecule has 1 fully saturated rings. The molecule has 2 heterocycles. The number of para-hydroxylation sites is 1. The van der Waals surface area contributed by atoms with Crippen LogP contribution in [0, 0.1) is 0 Å². The molecule has 3 aromatic rings. The number of morpholine rings is 1. The predicted molar refractivity (Wildman–Crippen MR) is 101 cm³/mol. The predicted octanol–water partition coefficient (Wildman–Crippen LogP) is 2.49. The van der Waals surface area contributed by atoms with Gasteiger partial charge in [0.15, 0.2) is 5.69 Å². The minimum atomic E-state index is -0.643. The van der Waals surface area contributed by atoms with Crippen molar-refractivity contribution in [3.05, 3.63) is 66.4 Å². The molecule has 0 saturated carbocycles. The number of nitrogens with zero attached hydrogens (tertiary/aromatic N) is 3. The monoisotopic (exact) mass is 364 g/mol. The number of aromatic nitrogens is 2. The summed E-state index contributed by atoms with van der Waals surface area (Å²) in [5.74, 6) is -0.643. The second-order valence-corrected chi connectivity index (χ2v) is 6.25. The highest BCUT2D eigenvalue weighted by Crippen LogP contribution is 2.28. The largest absolute Gasteiger partial charge is 0.378 e. The van der Waals surface area contributed by atoms with Gasteiger partial charge in [0.25, 0.3) is 5.91 Å². The molecular weight excluding hydrogens is 344 g/mol. The van der Waals surface area contributed by atoms with Crippen molar-refractivity contribution in [2.45, 2.75) is 0 Å². The normalized spacial score (nSPS) is 14.2. The first-order valence-corrected chi connectivity index (χ1v) is 8.79. The topological polar surface area (TPSA) is 79.6 Å². The fourth-order valence-corrected chi connectivity index (χ4v) is 3.20. The van der Waals surface area contributed by atoms with Crippen LogP contribution in [0.25, 0.3) is 16.9 Å². The fourth-order valence-electron chi connectivity index (χ4n) is 3.20. The van der Waals surface area contributed by atoms with Gasteiger partial charge in [0.2, 0.25) is 0 Å². The maximum Gasteiger partial charge on any atom is 0.295 e. The van der Waals surface area contributed by atoms with E-state index in [0.29, 0.717) is 13.2 Å². The Morgan fingerprint density at radius 3 is 2.48 bits per heavy atom. The van der Waals surface area contributed by atoms with Crippen LogP contribution in [-0.4, -0.2) is 47.2 Å². The molecule has 0 aliphatic carbocycles. The van der Waals surface area contributed by atoms with Crippen molar-refractivity contribution in [1.82, 2.24) is 15.3 Å². The zero-order chi connectivity index (χ0) is 18.6. The second kappa shape index (κ2) is 7.61. The Morgan fingerprint density at radius 2 is 1.74 bits per heavy atom. The number of ether oxygens (including phenoxy) is 1. The lowest BCUT2D eigenvalue weighted by Crippen LogP contribution is -2.36. The molecule has 1 saturated heterocycles. The molecule has 1 aliphatic rings. The maximum atomic E-state index is 11.9. The molecule has 2 aromatic carbocycles. The summed E-state index contributed by atoms with van der Waals surface area (Å²) in [5.41, 5.74) is 5.44. The van der Waals surface area contributed by atoms with E-state index in [1.54, 1.807) is 16.2 Å². The second-order valence-electron chi connectivity index (χ2n) is 6.25. The van der Waals surface area contributed by atoms with Crippen LogP contribution in [0.5, 0.6) is 0 Å².